The molecule has 3 nitrogen and oxygen atoms in total. The molecule has 0 N–H and O–H groups in total. The van der Waals surface area contributed by atoms with Crippen molar-refractivity contribution in [3.63, 3.8) is 0 Å². The molecular weight excluding hydrogens is 268 g/mol. The highest BCUT2D eigenvalue weighted by Gasteiger charge is 2.31. The van der Waals surface area contributed by atoms with Crippen LogP contribution in [0.1, 0.15) is 43.0 Å². The van der Waals surface area contributed by atoms with E-state index < -0.39 is 5.92 Å². The van der Waals surface area contributed by atoms with Crippen molar-refractivity contribution >= 4 is 27.3 Å². The van der Waals surface area contributed by atoms with E-state index in [1.54, 1.807) is 0 Å². The van der Waals surface area contributed by atoms with Crippen molar-refractivity contribution in [3.05, 3.63) is 29.3 Å². The quantitative estimate of drug-likeness (QED) is 0.854. The Morgan fingerprint density at radius 1 is 1.30 bits per heavy atom. The minimum Gasteiger partial charge on any atom is -0.297 e. The molecule has 1 aromatic carbocycles. The predicted octanol–water partition coefficient (Wildman–Crippen LogP) is 4.05. The van der Waals surface area contributed by atoms with Crippen molar-refractivity contribution in [2.45, 2.75) is 38.0 Å². The molecule has 0 spiro atoms. The van der Waals surface area contributed by atoms with Gasteiger partial charge in [0, 0.05) is 5.92 Å². The summed E-state index contributed by atoms with van der Waals surface area (Å²) in [5.41, 5.74) is 0.879. The normalized spacial score (nSPS) is 17.8. The summed E-state index contributed by atoms with van der Waals surface area (Å²) in [4.78, 5) is 17.0. The minimum absolute atomic E-state index is 0.0559. The lowest BCUT2D eigenvalue weighted by Crippen LogP contribution is -2.23. The number of nitriles is 1. The van der Waals surface area contributed by atoms with Gasteiger partial charge < -0.3 is 0 Å². The van der Waals surface area contributed by atoms with E-state index in [9.17, 15) is 10.1 Å². The summed E-state index contributed by atoms with van der Waals surface area (Å²) in [5, 5.41) is 10.1. The fourth-order valence-electron chi connectivity index (χ4n) is 2.88. The second-order valence-corrected chi connectivity index (χ2v) is 6.38. The van der Waals surface area contributed by atoms with Gasteiger partial charge in [0.15, 0.2) is 11.7 Å². The fraction of sp³-hybridized carbons (Fsp3) is 0.438. The van der Waals surface area contributed by atoms with Crippen molar-refractivity contribution < 1.29 is 4.79 Å². The lowest BCUT2D eigenvalue weighted by molar-refractivity contribution is -0.124. The van der Waals surface area contributed by atoms with Gasteiger partial charge in [-0.05, 0) is 25.0 Å². The molecule has 4 heteroatoms. The second kappa shape index (κ2) is 5.72. The molecule has 102 valence electrons. The highest BCUT2D eigenvalue weighted by atomic mass is 32.1. The molecule has 0 aliphatic heterocycles. The van der Waals surface area contributed by atoms with Gasteiger partial charge in [0.05, 0.1) is 16.3 Å². The number of hydrogen-bond acceptors (Lipinski definition) is 4. The maximum Gasteiger partial charge on any atom is 0.160 e. The number of carbonyl (C=O) groups is 1. The summed E-state index contributed by atoms with van der Waals surface area (Å²) in [6, 6.07) is 9.96. The summed E-state index contributed by atoms with van der Waals surface area (Å²) in [7, 11) is 0. The highest BCUT2D eigenvalue weighted by molar-refractivity contribution is 7.18. The SMILES string of the molecule is N#C[C@@H](C(=O)C1CCCCC1)c1nc2ccccc2s1. The first-order chi connectivity index (χ1) is 9.79. The number of hydrogen-bond donors (Lipinski definition) is 0. The Bertz CT molecular complexity index is 631. The Kier molecular flexibility index (Phi) is 3.79. The average molecular weight is 284 g/mol. The average Bonchev–Trinajstić information content (AvgIpc) is 2.92. The van der Waals surface area contributed by atoms with Crippen LogP contribution in [0.25, 0.3) is 10.2 Å². The van der Waals surface area contributed by atoms with E-state index in [2.05, 4.69) is 11.1 Å². The number of nitrogens with zero attached hydrogens (tertiary/aromatic N) is 2. The standard InChI is InChI=1S/C16H16N2OS/c17-10-12(15(19)11-6-2-1-3-7-11)16-18-13-8-4-5-9-14(13)20-16/h4-5,8-9,11-12H,1-3,6-7H2/t12-/m0/s1. The van der Waals surface area contributed by atoms with Crippen LogP contribution in [0, 0.1) is 17.2 Å². The molecular formula is C16H16N2OS. The third-order valence-electron chi connectivity index (χ3n) is 3.98. The molecule has 1 aliphatic carbocycles. The van der Waals surface area contributed by atoms with Crippen LogP contribution in [0.3, 0.4) is 0 Å². The Hall–Kier alpha value is -1.73. The smallest absolute Gasteiger partial charge is 0.160 e. The Morgan fingerprint density at radius 2 is 2.05 bits per heavy atom. The van der Waals surface area contributed by atoms with Gasteiger partial charge in [-0.15, -0.1) is 11.3 Å². The van der Waals surface area contributed by atoms with Gasteiger partial charge in [-0.2, -0.15) is 5.26 Å². The number of thiazole rings is 1. The first-order valence-corrected chi connectivity index (χ1v) is 7.90. The van der Waals surface area contributed by atoms with Crippen LogP contribution in [-0.4, -0.2) is 10.8 Å². The molecule has 1 aromatic heterocycles. The molecule has 0 bridgehead atoms. The van der Waals surface area contributed by atoms with Crippen molar-refractivity contribution in [1.82, 2.24) is 4.98 Å². The molecule has 1 fully saturated rings. The van der Waals surface area contributed by atoms with E-state index in [0.717, 1.165) is 35.9 Å². The molecule has 1 heterocycles. The number of benzene rings is 1. The maximum absolute atomic E-state index is 12.6. The molecule has 20 heavy (non-hydrogen) atoms. The van der Waals surface area contributed by atoms with Crippen LogP contribution in [0.2, 0.25) is 0 Å². The lowest BCUT2D eigenvalue weighted by atomic mass is 9.82. The van der Waals surface area contributed by atoms with Crippen molar-refractivity contribution in [3.8, 4) is 6.07 Å². The number of Topliss-reactive ketones (excluding diaryl/α,β-unsaturated/α-hetero) is 1. The number of fused-ring (bicyclic) bond motifs is 1. The van der Waals surface area contributed by atoms with Crippen LogP contribution in [0.4, 0.5) is 0 Å². The van der Waals surface area contributed by atoms with Crippen molar-refractivity contribution in [2.75, 3.05) is 0 Å². The molecule has 0 amide bonds. The molecule has 1 aliphatic rings. The summed E-state index contributed by atoms with van der Waals surface area (Å²) in [6.07, 6.45) is 5.29. The number of rotatable bonds is 3. The largest absolute Gasteiger partial charge is 0.297 e. The number of aromatic nitrogens is 1. The molecule has 0 saturated heterocycles. The number of para-hydroxylation sites is 1. The zero-order valence-corrected chi connectivity index (χ0v) is 12.0. The van der Waals surface area contributed by atoms with Gasteiger partial charge in [-0.25, -0.2) is 4.98 Å². The summed E-state index contributed by atoms with van der Waals surface area (Å²) in [6.45, 7) is 0. The Labute approximate surface area is 122 Å². The molecule has 3 rings (SSSR count). The molecule has 2 aromatic rings. The first-order valence-electron chi connectivity index (χ1n) is 7.08. The van der Waals surface area contributed by atoms with Crippen LogP contribution in [0.15, 0.2) is 24.3 Å². The van der Waals surface area contributed by atoms with Gasteiger partial charge in [-0.1, -0.05) is 31.4 Å². The molecule has 1 atom stereocenters. The molecule has 0 radical (unpaired) electrons. The van der Waals surface area contributed by atoms with Gasteiger partial charge in [-0.3, -0.25) is 4.79 Å². The van der Waals surface area contributed by atoms with Crippen molar-refractivity contribution in [1.29, 1.82) is 5.26 Å². The highest BCUT2D eigenvalue weighted by Crippen LogP contribution is 2.33. The van der Waals surface area contributed by atoms with E-state index in [0.29, 0.717) is 5.01 Å². The topological polar surface area (TPSA) is 53.8 Å². The van der Waals surface area contributed by atoms with Crippen LogP contribution in [-0.2, 0) is 4.79 Å². The zero-order chi connectivity index (χ0) is 13.9. The van der Waals surface area contributed by atoms with Gasteiger partial charge in [0.2, 0.25) is 0 Å². The minimum atomic E-state index is -0.685. The monoisotopic (exact) mass is 284 g/mol. The molecule has 0 unspecified atom stereocenters. The van der Waals surface area contributed by atoms with Gasteiger partial charge in [0.1, 0.15) is 5.01 Å². The Balaban J connectivity index is 1.89. The maximum atomic E-state index is 12.6. The van der Waals surface area contributed by atoms with E-state index in [-0.39, 0.29) is 11.7 Å². The predicted molar refractivity (Wildman–Crippen MR) is 79.6 cm³/mol. The molecule has 1 saturated carbocycles. The van der Waals surface area contributed by atoms with E-state index in [4.69, 9.17) is 0 Å². The van der Waals surface area contributed by atoms with Crippen LogP contribution >= 0.6 is 11.3 Å². The van der Waals surface area contributed by atoms with Gasteiger partial charge in [0.25, 0.3) is 0 Å². The Morgan fingerprint density at radius 3 is 2.75 bits per heavy atom. The summed E-state index contributed by atoms with van der Waals surface area (Å²) >= 11 is 1.47. The zero-order valence-electron chi connectivity index (χ0n) is 11.2. The second-order valence-electron chi connectivity index (χ2n) is 5.32. The van der Waals surface area contributed by atoms with E-state index >= 15 is 0 Å². The van der Waals surface area contributed by atoms with Crippen molar-refractivity contribution in [2.24, 2.45) is 5.92 Å². The van der Waals surface area contributed by atoms with Gasteiger partial charge >= 0.3 is 0 Å². The summed E-state index contributed by atoms with van der Waals surface area (Å²) in [5.74, 6) is -0.554. The third kappa shape index (κ3) is 2.46. The van der Waals surface area contributed by atoms with E-state index in [1.807, 2.05) is 24.3 Å². The number of ketones is 1. The lowest BCUT2D eigenvalue weighted by Gasteiger charge is -2.21. The fourth-order valence-corrected chi connectivity index (χ4v) is 3.90. The van der Waals surface area contributed by atoms with Crippen LogP contribution in [0.5, 0.6) is 0 Å². The van der Waals surface area contributed by atoms with E-state index in [1.165, 1.54) is 17.8 Å². The number of carbonyl (C=O) groups excluding carboxylic acids is 1. The summed E-state index contributed by atoms with van der Waals surface area (Å²) < 4.78 is 1.04. The third-order valence-corrected chi connectivity index (χ3v) is 5.08. The van der Waals surface area contributed by atoms with Crippen LogP contribution < -0.4 is 0 Å². The first kappa shape index (κ1) is 13.3.